The van der Waals surface area contributed by atoms with Crippen LogP contribution in [0.1, 0.15) is 23.7 Å². The van der Waals surface area contributed by atoms with Crippen LogP contribution in [-0.4, -0.2) is 43.5 Å². The Morgan fingerprint density at radius 2 is 1.59 bits per heavy atom. The lowest BCUT2D eigenvalue weighted by Crippen LogP contribution is -2.21. The van der Waals surface area contributed by atoms with Gasteiger partial charge in [0.1, 0.15) is 0 Å². The van der Waals surface area contributed by atoms with E-state index < -0.39 is 11.9 Å². The Labute approximate surface area is 200 Å². The molecule has 4 aromatic rings. The number of carbonyl (C=O) groups is 2. The lowest BCUT2D eigenvalue weighted by atomic mass is 10.1. The molecule has 0 aliphatic heterocycles. The fourth-order valence-electron chi connectivity index (χ4n) is 3.38. The van der Waals surface area contributed by atoms with Crippen LogP contribution in [0.3, 0.4) is 0 Å². The molecule has 0 amide bonds. The van der Waals surface area contributed by atoms with E-state index in [1.54, 1.807) is 10.5 Å². The Morgan fingerprint density at radius 1 is 0.971 bits per heavy atom. The van der Waals surface area contributed by atoms with E-state index >= 15 is 0 Å². The Hall–Kier alpha value is -3.82. The number of carboxylic acids is 2. The minimum absolute atomic E-state index is 0.0270. The van der Waals surface area contributed by atoms with Crippen LogP contribution in [0.2, 0.25) is 0 Å². The third kappa shape index (κ3) is 6.37. The molecule has 0 aliphatic carbocycles. The average molecular weight is 480 g/mol. The van der Waals surface area contributed by atoms with Crippen molar-refractivity contribution in [3.63, 3.8) is 0 Å². The number of hydrogen-bond acceptors (Lipinski definition) is 6. The molecule has 9 heteroatoms. The van der Waals surface area contributed by atoms with Gasteiger partial charge in [0.05, 0.1) is 11.4 Å². The Kier molecular flexibility index (Phi) is 8.29. The predicted molar refractivity (Wildman–Crippen MR) is 131 cm³/mol. The van der Waals surface area contributed by atoms with Crippen molar-refractivity contribution in [1.82, 2.24) is 14.3 Å². The fourth-order valence-corrected chi connectivity index (χ4v) is 4.30. The summed E-state index contributed by atoms with van der Waals surface area (Å²) in [5.74, 6) is -3.65. The minimum atomic E-state index is -1.82. The molecule has 0 spiro atoms. The smallest absolute Gasteiger partial charge is 0.414 e. The third-order valence-corrected chi connectivity index (χ3v) is 5.85. The third-order valence-electron chi connectivity index (χ3n) is 5.03. The number of hydrogen-bond donors (Lipinski definition) is 2. The molecule has 2 heterocycles. The van der Waals surface area contributed by atoms with Crippen molar-refractivity contribution in [2.75, 3.05) is 7.05 Å². The van der Waals surface area contributed by atoms with Crippen molar-refractivity contribution < 1.29 is 19.8 Å². The van der Waals surface area contributed by atoms with Crippen molar-refractivity contribution in [3.05, 3.63) is 93.2 Å². The van der Waals surface area contributed by atoms with Crippen LogP contribution in [0.25, 0.3) is 16.2 Å². The molecule has 0 atom stereocenters. The molecule has 2 aromatic carbocycles. The number of aliphatic carboxylic acids is 2. The van der Waals surface area contributed by atoms with Gasteiger partial charge in [0.2, 0.25) is 0 Å². The van der Waals surface area contributed by atoms with Crippen LogP contribution in [0, 0.1) is 0 Å². The number of carboxylic acid groups (broad SMARTS) is 2. The van der Waals surface area contributed by atoms with Crippen molar-refractivity contribution in [3.8, 4) is 11.3 Å². The van der Waals surface area contributed by atoms with Crippen LogP contribution in [-0.2, 0) is 29.1 Å². The maximum absolute atomic E-state index is 12.8. The van der Waals surface area contributed by atoms with E-state index in [0.29, 0.717) is 6.54 Å². The second kappa shape index (κ2) is 11.4. The summed E-state index contributed by atoms with van der Waals surface area (Å²) in [5, 5.41) is 16.8. The molecule has 0 saturated carbocycles. The lowest BCUT2D eigenvalue weighted by Gasteiger charge is -2.16. The normalized spacial score (nSPS) is 10.7. The fraction of sp³-hybridized carbons (Fsp3) is 0.200. The second-order valence-electron chi connectivity index (χ2n) is 7.64. The second-order valence-corrected chi connectivity index (χ2v) is 8.48. The number of benzene rings is 2. The predicted octanol–water partition coefficient (Wildman–Crippen LogP) is 3.77. The van der Waals surface area contributed by atoms with Gasteiger partial charge in [0, 0.05) is 24.5 Å². The van der Waals surface area contributed by atoms with E-state index in [0.717, 1.165) is 34.9 Å². The summed E-state index contributed by atoms with van der Waals surface area (Å²) in [7, 11) is 2.06. The molecule has 0 unspecified atom stereocenters. The van der Waals surface area contributed by atoms with Gasteiger partial charge in [-0.15, -0.1) is 11.3 Å². The lowest BCUT2D eigenvalue weighted by molar-refractivity contribution is -0.159. The zero-order chi connectivity index (χ0) is 24.7. The quantitative estimate of drug-likeness (QED) is 0.405. The van der Waals surface area contributed by atoms with E-state index in [4.69, 9.17) is 24.8 Å². The number of rotatable bonds is 6. The van der Waals surface area contributed by atoms with E-state index in [-0.39, 0.29) is 5.56 Å². The summed E-state index contributed by atoms with van der Waals surface area (Å²) in [5.41, 5.74) is 5.31. The number of aromatic nitrogens is 2. The molecule has 2 aromatic heterocycles. The highest BCUT2D eigenvalue weighted by atomic mass is 32.1. The summed E-state index contributed by atoms with van der Waals surface area (Å²) in [4.78, 5) is 38.6. The molecule has 0 radical (unpaired) electrons. The Bertz CT molecular complexity index is 1320. The van der Waals surface area contributed by atoms with Gasteiger partial charge in [-0.25, -0.2) is 14.6 Å². The van der Waals surface area contributed by atoms with Crippen molar-refractivity contribution in [2.45, 2.75) is 26.4 Å². The van der Waals surface area contributed by atoms with Crippen LogP contribution >= 0.6 is 11.3 Å². The maximum atomic E-state index is 12.8. The molecular formula is C25H25N3O5S. The monoisotopic (exact) mass is 479 g/mol. The zero-order valence-electron chi connectivity index (χ0n) is 18.8. The molecule has 2 N–H and O–H groups in total. The maximum Gasteiger partial charge on any atom is 0.414 e. The average Bonchev–Trinajstić information content (AvgIpc) is 3.25. The Balaban J connectivity index is 0.000000481. The summed E-state index contributed by atoms with van der Waals surface area (Å²) < 4.78 is 1.70. The molecule has 0 saturated heterocycles. The van der Waals surface area contributed by atoms with Crippen molar-refractivity contribution in [2.24, 2.45) is 0 Å². The molecular weight excluding hydrogens is 454 g/mol. The number of aryl methyl sites for hydroxylation is 1. The topological polar surface area (TPSA) is 112 Å². The highest BCUT2D eigenvalue weighted by Gasteiger charge is 2.12. The van der Waals surface area contributed by atoms with Gasteiger partial charge >= 0.3 is 11.9 Å². The van der Waals surface area contributed by atoms with Gasteiger partial charge in [0.15, 0.2) is 4.96 Å². The first-order valence-corrected chi connectivity index (χ1v) is 11.4. The Morgan fingerprint density at radius 3 is 2.18 bits per heavy atom. The van der Waals surface area contributed by atoms with Gasteiger partial charge in [-0.2, -0.15) is 0 Å². The van der Waals surface area contributed by atoms with Gasteiger partial charge in [-0.3, -0.25) is 14.1 Å². The highest BCUT2D eigenvalue weighted by Crippen LogP contribution is 2.23. The van der Waals surface area contributed by atoms with E-state index in [2.05, 4.69) is 43.1 Å². The van der Waals surface area contributed by atoms with E-state index in [1.165, 1.54) is 22.5 Å². The number of fused-ring (bicyclic) bond motifs is 1. The molecule has 4 rings (SSSR count). The van der Waals surface area contributed by atoms with Crippen LogP contribution in [0.4, 0.5) is 0 Å². The molecule has 0 bridgehead atoms. The molecule has 0 fully saturated rings. The van der Waals surface area contributed by atoms with Gasteiger partial charge in [-0.05, 0) is 30.2 Å². The van der Waals surface area contributed by atoms with Gasteiger partial charge in [0.25, 0.3) is 5.56 Å². The molecule has 176 valence electrons. The van der Waals surface area contributed by atoms with Crippen molar-refractivity contribution >= 4 is 28.2 Å². The SMILES string of the molecule is CCc1ccc(CN(C)Cc2cc(=O)n3c(-c4ccccc4)csc3n2)cc1.O=C(O)C(=O)O. The first kappa shape index (κ1) is 24.8. The zero-order valence-corrected chi connectivity index (χ0v) is 19.7. The first-order chi connectivity index (χ1) is 16.3. The van der Waals surface area contributed by atoms with E-state index in [1.807, 2.05) is 35.7 Å². The molecule has 0 aliphatic rings. The summed E-state index contributed by atoms with van der Waals surface area (Å²) >= 11 is 1.51. The number of thiazole rings is 1. The largest absolute Gasteiger partial charge is 0.473 e. The standard InChI is InChI=1S/C23H23N3OS.C2H2O4/c1-3-17-9-11-18(12-10-17)14-25(2)15-20-13-22(27)26-21(16-28-23(26)24-20)19-7-5-4-6-8-19;3-1(4)2(5)6/h4-13,16H,3,14-15H2,1-2H3;(H,3,4)(H,5,6). The van der Waals surface area contributed by atoms with E-state index in [9.17, 15) is 4.79 Å². The highest BCUT2D eigenvalue weighted by molar-refractivity contribution is 7.15. The van der Waals surface area contributed by atoms with Crippen LogP contribution in [0.15, 0.2) is 70.8 Å². The summed E-state index contributed by atoms with van der Waals surface area (Å²) in [6, 6.07) is 20.3. The van der Waals surface area contributed by atoms with Gasteiger partial charge in [-0.1, -0.05) is 61.5 Å². The van der Waals surface area contributed by atoms with Crippen molar-refractivity contribution in [1.29, 1.82) is 0 Å². The van der Waals surface area contributed by atoms with Gasteiger partial charge < -0.3 is 10.2 Å². The first-order valence-electron chi connectivity index (χ1n) is 10.6. The summed E-state index contributed by atoms with van der Waals surface area (Å²) in [6.07, 6.45) is 1.05. The number of nitrogens with zero attached hydrogens (tertiary/aromatic N) is 3. The minimum Gasteiger partial charge on any atom is -0.473 e. The van der Waals surface area contributed by atoms with Crippen LogP contribution in [0.5, 0.6) is 0 Å². The van der Waals surface area contributed by atoms with Crippen LogP contribution < -0.4 is 5.56 Å². The summed E-state index contributed by atoms with van der Waals surface area (Å²) in [6.45, 7) is 3.62. The molecule has 34 heavy (non-hydrogen) atoms. The molecule has 8 nitrogen and oxygen atoms in total.